The van der Waals surface area contributed by atoms with Crippen LogP contribution in [0.3, 0.4) is 0 Å². The number of hydrogen-bond acceptors (Lipinski definition) is 4. The number of nitrogens with zero attached hydrogens (tertiary/aromatic N) is 1. The van der Waals surface area contributed by atoms with Crippen LogP contribution >= 0.6 is 0 Å². The maximum atomic E-state index is 13.0. The summed E-state index contributed by atoms with van der Waals surface area (Å²) in [7, 11) is -3.59. The Bertz CT molecular complexity index is 811. The molecule has 1 aromatic rings. The fourth-order valence-electron chi connectivity index (χ4n) is 4.81. The molecule has 0 atom stereocenters. The molecule has 1 heterocycles. The first-order valence-electron chi connectivity index (χ1n) is 11.0. The number of rotatable bonds is 7. The highest BCUT2D eigenvalue weighted by Gasteiger charge is 2.38. The Labute approximate surface area is 175 Å². The summed E-state index contributed by atoms with van der Waals surface area (Å²) in [6, 6.07) is 4.76. The highest BCUT2D eigenvalue weighted by molar-refractivity contribution is 7.89. The molecule has 3 rings (SSSR count). The average Bonchev–Trinajstić information content (AvgIpc) is 2.73. The lowest BCUT2D eigenvalue weighted by Gasteiger charge is -2.48. The third kappa shape index (κ3) is 5.19. The van der Waals surface area contributed by atoms with Crippen molar-refractivity contribution in [1.82, 2.24) is 14.9 Å². The average molecular weight is 422 g/mol. The molecule has 0 spiro atoms. The molecule has 0 radical (unpaired) electrons. The van der Waals surface area contributed by atoms with Gasteiger partial charge in [-0.1, -0.05) is 38.7 Å². The van der Waals surface area contributed by atoms with Gasteiger partial charge in [-0.3, -0.25) is 9.69 Å². The number of aryl methyl sites for hydroxylation is 1. The van der Waals surface area contributed by atoms with E-state index in [1.807, 2.05) is 6.92 Å². The summed E-state index contributed by atoms with van der Waals surface area (Å²) in [6.07, 6.45) is 9.71. The third-order valence-electron chi connectivity index (χ3n) is 6.49. The summed E-state index contributed by atoms with van der Waals surface area (Å²) in [5.74, 6) is -0.182. The highest BCUT2D eigenvalue weighted by Crippen LogP contribution is 2.35. The Hall–Kier alpha value is -1.44. The topological polar surface area (TPSA) is 78.5 Å². The molecule has 2 fully saturated rings. The van der Waals surface area contributed by atoms with Gasteiger partial charge in [-0.2, -0.15) is 0 Å². The quantitative estimate of drug-likeness (QED) is 0.709. The summed E-state index contributed by atoms with van der Waals surface area (Å²) in [5.41, 5.74) is 1.28. The lowest BCUT2D eigenvalue weighted by molar-refractivity contribution is 0.0326. The fourth-order valence-corrected chi connectivity index (χ4v) is 5.88. The Balaban J connectivity index is 1.76. The highest BCUT2D eigenvalue weighted by atomic mass is 32.2. The van der Waals surface area contributed by atoms with Crippen molar-refractivity contribution in [3.05, 3.63) is 29.3 Å². The number of carbonyl (C=O) groups is 1. The monoisotopic (exact) mass is 421 g/mol. The van der Waals surface area contributed by atoms with Gasteiger partial charge in [-0.05, 0) is 63.4 Å². The van der Waals surface area contributed by atoms with Crippen LogP contribution in [-0.4, -0.2) is 50.9 Å². The Morgan fingerprint density at radius 3 is 2.38 bits per heavy atom. The van der Waals surface area contributed by atoms with Crippen LogP contribution in [-0.2, 0) is 10.0 Å². The van der Waals surface area contributed by atoms with Gasteiger partial charge in [0, 0.05) is 24.2 Å². The van der Waals surface area contributed by atoms with Gasteiger partial charge in [0.05, 0.1) is 4.90 Å². The van der Waals surface area contributed by atoms with Crippen molar-refractivity contribution in [1.29, 1.82) is 0 Å². The lowest BCUT2D eigenvalue weighted by atomic mass is 9.79. The molecular formula is C22H35N3O3S. The van der Waals surface area contributed by atoms with Crippen molar-refractivity contribution in [2.75, 3.05) is 26.2 Å². The van der Waals surface area contributed by atoms with E-state index in [1.54, 1.807) is 19.1 Å². The van der Waals surface area contributed by atoms with Crippen molar-refractivity contribution in [2.45, 2.75) is 75.6 Å². The summed E-state index contributed by atoms with van der Waals surface area (Å²) in [6.45, 7) is 6.77. The van der Waals surface area contributed by atoms with E-state index in [-0.39, 0.29) is 16.3 Å². The van der Waals surface area contributed by atoms with E-state index >= 15 is 0 Å². The van der Waals surface area contributed by atoms with Crippen molar-refractivity contribution < 1.29 is 13.2 Å². The number of sulfonamides is 1. The third-order valence-corrected chi connectivity index (χ3v) is 8.03. The summed E-state index contributed by atoms with van der Waals surface area (Å²) in [4.78, 5) is 15.8. The molecule has 1 aromatic carbocycles. The predicted octanol–water partition coefficient (Wildman–Crippen LogP) is 3.21. The number of amides is 1. The van der Waals surface area contributed by atoms with Gasteiger partial charge in [0.15, 0.2) is 0 Å². The van der Waals surface area contributed by atoms with Crippen molar-refractivity contribution in [3.8, 4) is 0 Å². The molecule has 0 unspecified atom stereocenters. The van der Waals surface area contributed by atoms with E-state index in [9.17, 15) is 13.2 Å². The SMILES string of the molecule is CCNS(=O)(=O)c1ccc(C)c(C(=O)NCC2(N3CCCCC3)CCCCC2)c1. The van der Waals surface area contributed by atoms with E-state index in [0.29, 0.717) is 18.7 Å². The molecule has 0 aromatic heterocycles. The van der Waals surface area contributed by atoms with Crippen LogP contribution in [0.5, 0.6) is 0 Å². The number of piperidine rings is 1. The van der Waals surface area contributed by atoms with E-state index in [0.717, 1.165) is 31.5 Å². The van der Waals surface area contributed by atoms with Crippen molar-refractivity contribution >= 4 is 15.9 Å². The second-order valence-corrected chi connectivity index (χ2v) is 10.3. The molecular weight excluding hydrogens is 386 g/mol. The molecule has 7 heteroatoms. The maximum Gasteiger partial charge on any atom is 0.251 e. The molecule has 1 saturated carbocycles. The van der Waals surface area contributed by atoms with Gasteiger partial charge in [-0.15, -0.1) is 0 Å². The summed E-state index contributed by atoms with van der Waals surface area (Å²) >= 11 is 0. The van der Waals surface area contributed by atoms with Gasteiger partial charge in [0.2, 0.25) is 10.0 Å². The molecule has 2 aliphatic rings. The van der Waals surface area contributed by atoms with Crippen LogP contribution in [0.2, 0.25) is 0 Å². The van der Waals surface area contributed by atoms with Crippen LogP contribution in [0, 0.1) is 6.92 Å². The number of carbonyl (C=O) groups excluding carboxylic acids is 1. The number of benzene rings is 1. The first-order valence-corrected chi connectivity index (χ1v) is 12.5. The maximum absolute atomic E-state index is 13.0. The molecule has 1 aliphatic heterocycles. The van der Waals surface area contributed by atoms with Gasteiger partial charge in [0.25, 0.3) is 5.91 Å². The zero-order valence-corrected chi connectivity index (χ0v) is 18.6. The zero-order valence-electron chi connectivity index (χ0n) is 17.8. The standard InChI is InChI=1S/C22H35N3O3S/c1-3-24-29(27,28)19-11-10-18(2)20(16-19)21(26)23-17-22(12-6-4-7-13-22)25-14-8-5-9-15-25/h10-11,16,24H,3-9,12-15,17H2,1-2H3,(H,23,26). The fraction of sp³-hybridized carbons (Fsp3) is 0.682. The summed E-state index contributed by atoms with van der Waals surface area (Å²) < 4.78 is 27.2. The minimum atomic E-state index is -3.59. The number of hydrogen-bond donors (Lipinski definition) is 2. The van der Waals surface area contributed by atoms with E-state index in [2.05, 4.69) is 14.9 Å². The Kier molecular flexibility index (Phi) is 7.35. The second-order valence-electron chi connectivity index (χ2n) is 8.49. The van der Waals surface area contributed by atoms with Gasteiger partial charge in [0.1, 0.15) is 0 Å². The van der Waals surface area contributed by atoms with Crippen LogP contribution in [0.15, 0.2) is 23.1 Å². The predicted molar refractivity (Wildman–Crippen MR) is 116 cm³/mol. The smallest absolute Gasteiger partial charge is 0.251 e. The normalized spacial score (nSPS) is 20.3. The molecule has 1 saturated heterocycles. The molecule has 1 aliphatic carbocycles. The van der Waals surface area contributed by atoms with Gasteiger partial charge in [-0.25, -0.2) is 13.1 Å². The van der Waals surface area contributed by atoms with Crippen LogP contribution in [0.1, 0.15) is 74.2 Å². The van der Waals surface area contributed by atoms with Crippen LogP contribution in [0.25, 0.3) is 0 Å². The molecule has 6 nitrogen and oxygen atoms in total. The van der Waals surface area contributed by atoms with Crippen molar-refractivity contribution in [3.63, 3.8) is 0 Å². The molecule has 162 valence electrons. The Morgan fingerprint density at radius 2 is 1.72 bits per heavy atom. The number of nitrogens with one attached hydrogen (secondary N) is 2. The van der Waals surface area contributed by atoms with E-state index in [4.69, 9.17) is 0 Å². The minimum absolute atomic E-state index is 0.0513. The number of likely N-dealkylation sites (tertiary alicyclic amines) is 1. The van der Waals surface area contributed by atoms with E-state index in [1.165, 1.54) is 44.6 Å². The van der Waals surface area contributed by atoms with Crippen LogP contribution in [0.4, 0.5) is 0 Å². The summed E-state index contributed by atoms with van der Waals surface area (Å²) in [5, 5.41) is 3.16. The molecule has 1 amide bonds. The first-order chi connectivity index (χ1) is 13.9. The van der Waals surface area contributed by atoms with Crippen molar-refractivity contribution in [2.24, 2.45) is 0 Å². The van der Waals surface area contributed by atoms with Crippen LogP contribution < -0.4 is 10.0 Å². The second kappa shape index (κ2) is 9.58. The molecule has 29 heavy (non-hydrogen) atoms. The molecule has 2 N–H and O–H groups in total. The van der Waals surface area contributed by atoms with Gasteiger partial charge < -0.3 is 5.32 Å². The largest absolute Gasteiger partial charge is 0.350 e. The van der Waals surface area contributed by atoms with E-state index < -0.39 is 10.0 Å². The Morgan fingerprint density at radius 1 is 1.07 bits per heavy atom. The minimum Gasteiger partial charge on any atom is -0.350 e. The zero-order chi connectivity index (χ0) is 20.9. The first kappa shape index (κ1) is 22.2. The van der Waals surface area contributed by atoms with Gasteiger partial charge >= 0.3 is 0 Å². The molecule has 0 bridgehead atoms. The lowest BCUT2D eigenvalue weighted by Crippen LogP contribution is -2.58.